The van der Waals surface area contributed by atoms with E-state index in [0.29, 0.717) is 13.0 Å². The molecule has 0 saturated carbocycles. The summed E-state index contributed by atoms with van der Waals surface area (Å²) in [6.45, 7) is 7.78. The quantitative estimate of drug-likeness (QED) is 0.456. The molecule has 0 aromatic rings. The zero-order valence-corrected chi connectivity index (χ0v) is 6.81. The molecule has 0 aromatic carbocycles. The Balaban J connectivity index is 3.21. The SMILES string of the molecule is C=CCCNC(=O)CCC=C. The average Bonchev–Trinajstić information content (AvgIpc) is 2.01. The fourth-order valence-corrected chi connectivity index (χ4v) is 0.635. The summed E-state index contributed by atoms with van der Waals surface area (Å²) in [6.07, 6.45) is 5.65. The van der Waals surface area contributed by atoms with E-state index in [2.05, 4.69) is 18.5 Å². The van der Waals surface area contributed by atoms with Gasteiger partial charge in [0.15, 0.2) is 0 Å². The van der Waals surface area contributed by atoms with Crippen LogP contribution in [0.2, 0.25) is 0 Å². The molecular weight excluding hydrogens is 138 g/mol. The highest BCUT2D eigenvalue weighted by molar-refractivity contribution is 5.75. The Labute approximate surface area is 68.0 Å². The van der Waals surface area contributed by atoms with Gasteiger partial charge in [-0.15, -0.1) is 13.2 Å². The fourth-order valence-electron chi connectivity index (χ4n) is 0.635. The largest absolute Gasteiger partial charge is 0.356 e. The summed E-state index contributed by atoms with van der Waals surface area (Å²) in [6, 6.07) is 0. The molecule has 62 valence electrons. The molecule has 0 fully saturated rings. The smallest absolute Gasteiger partial charge is 0.220 e. The van der Waals surface area contributed by atoms with Gasteiger partial charge < -0.3 is 5.32 Å². The summed E-state index contributed by atoms with van der Waals surface area (Å²) in [5, 5.41) is 2.76. The third kappa shape index (κ3) is 6.84. The van der Waals surface area contributed by atoms with E-state index >= 15 is 0 Å². The van der Waals surface area contributed by atoms with Gasteiger partial charge in [-0.1, -0.05) is 12.2 Å². The first-order valence-corrected chi connectivity index (χ1v) is 3.79. The van der Waals surface area contributed by atoms with Crippen molar-refractivity contribution in [2.24, 2.45) is 0 Å². The number of nitrogens with one attached hydrogen (secondary N) is 1. The molecule has 0 aliphatic rings. The van der Waals surface area contributed by atoms with E-state index in [1.807, 2.05) is 0 Å². The minimum Gasteiger partial charge on any atom is -0.356 e. The lowest BCUT2D eigenvalue weighted by Crippen LogP contribution is -2.23. The van der Waals surface area contributed by atoms with Gasteiger partial charge in [0.1, 0.15) is 0 Å². The van der Waals surface area contributed by atoms with Crippen LogP contribution >= 0.6 is 0 Å². The molecule has 0 aliphatic carbocycles. The Hall–Kier alpha value is -1.05. The van der Waals surface area contributed by atoms with Crippen LogP contribution in [0.25, 0.3) is 0 Å². The minimum absolute atomic E-state index is 0.0896. The maximum Gasteiger partial charge on any atom is 0.220 e. The summed E-state index contributed by atoms with van der Waals surface area (Å²) in [4.78, 5) is 10.9. The number of hydrogen-bond acceptors (Lipinski definition) is 1. The molecule has 0 aliphatic heterocycles. The molecule has 0 heterocycles. The number of hydrogen-bond donors (Lipinski definition) is 1. The molecule has 0 bridgehead atoms. The van der Waals surface area contributed by atoms with Crippen LogP contribution in [0.4, 0.5) is 0 Å². The van der Waals surface area contributed by atoms with E-state index in [1.54, 1.807) is 12.2 Å². The molecule has 0 aromatic heterocycles. The second kappa shape index (κ2) is 7.06. The van der Waals surface area contributed by atoms with Crippen molar-refractivity contribution in [2.75, 3.05) is 6.54 Å². The maximum atomic E-state index is 10.9. The van der Waals surface area contributed by atoms with Gasteiger partial charge in [0.2, 0.25) is 5.91 Å². The van der Waals surface area contributed by atoms with Crippen LogP contribution in [0.1, 0.15) is 19.3 Å². The van der Waals surface area contributed by atoms with E-state index in [4.69, 9.17) is 0 Å². The highest BCUT2D eigenvalue weighted by atomic mass is 16.1. The number of carbonyl (C=O) groups is 1. The van der Waals surface area contributed by atoms with Crippen molar-refractivity contribution in [3.63, 3.8) is 0 Å². The standard InChI is InChI=1S/C9H15NO/c1-3-5-7-9(11)10-8-6-4-2/h3-4H,1-2,5-8H2,(H,10,11). The summed E-state index contributed by atoms with van der Waals surface area (Å²) >= 11 is 0. The Kier molecular flexibility index (Phi) is 6.39. The molecule has 2 heteroatoms. The molecule has 0 saturated heterocycles. The second-order valence-corrected chi connectivity index (χ2v) is 2.25. The van der Waals surface area contributed by atoms with Crippen LogP contribution in [-0.2, 0) is 4.79 Å². The van der Waals surface area contributed by atoms with Gasteiger partial charge in [-0.25, -0.2) is 0 Å². The predicted molar refractivity (Wildman–Crippen MR) is 47.3 cm³/mol. The van der Waals surface area contributed by atoms with E-state index in [9.17, 15) is 4.79 Å². The van der Waals surface area contributed by atoms with E-state index in [-0.39, 0.29) is 5.91 Å². The van der Waals surface area contributed by atoms with Crippen molar-refractivity contribution in [3.8, 4) is 0 Å². The third-order valence-electron chi connectivity index (χ3n) is 1.25. The van der Waals surface area contributed by atoms with Gasteiger partial charge in [0.05, 0.1) is 0 Å². The van der Waals surface area contributed by atoms with Crippen molar-refractivity contribution in [1.82, 2.24) is 5.32 Å². The van der Waals surface area contributed by atoms with Gasteiger partial charge in [-0.3, -0.25) is 4.79 Å². The monoisotopic (exact) mass is 153 g/mol. The Morgan fingerprint density at radius 1 is 1.27 bits per heavy atom. The molecule has 2 nitrogen and oxygen atoms in total. The topological polar surface area (TPSA) is 29.1 Å². The Morgan fingerprint density at radius 3 is 2.45 bits per heavy atom. The van der Waals surface area contributed by atoms with E-state index in [0.717, 1.165) is 12.8 Å². The molecule has 11 heavy (non-hydrogen) atoms. The van der Waals surface area contributed by atoms with Crippen LogP contribution in [0.3, 0.4) is 0 Å². The fraction of sp³-hybridized carbons (Fsp3) is 0.444. The van der Waals surface area contributed by atoms with Crippen molar-refractivity contribution < 1.29 is 4.79 Å². The van der Waals surface area contributed by atoms with Crippen LogP contribution in [0.5, 0.6) is 0 Å². The van der Waals surface area contributed by atoms with Gasteiger partial charge >= 0.3 is 0 Å². The lowest BCUT2D eigenvalue weighted by Gasteiger charge is -2.00. The first-order valence-electron chi connectivity index (χ1n) is 3.79. The van der Waals surface area contributed by atoms with Crippen molar-refractivity contribution >= 4 is 5.91 Å². The van der Waals surface area contributed by atoms with Crippen molar-refractivity contribution in [1.29, 1.82) is 0 Å². The number of rotatable bonds is 6. The lowest BCUT2D eigenvalue weighted by atomic mass is 10.3. The first-order chi connectivity index (χ1) is 5.31. The molecule has 0 spiro atoms. The van der Waals surface area contributed by atoms with Crippen LogP contribution in [-0.4, -0.2) is 12.5 Å². The second-order valence-electron chi connectivity index (χ2n) is 2.25. The zero-order chi connectivity index (χ0) is 8.53. The number of carbonyl (C=O) groups excluding carboxylic acids is 1. The molecule has 0 atom stereocenters. The third-order valence-corrected chi connectivity index (χ3v) is 1.25. The van der Waals surface area contributed by atoms with Gasteiger partial charge in [-0.05, 0) is 12.8 Å². The molecule has 1 N–H and O–H groups in total. The first kappa shape index (κ1) is 9.95. The normalized spacial score (nSPS) is 8.73. The molecule has 0 rings (SSSR count). The Bertz CT molecular complexity index is 140. The molecule has 1 amide bonds. The van der Waals surface area contributed by atoms with Crippen LogP contribution in [0, 0.1) is 0 Å². The minimum atomic E-state index is 0.0896. The summed E-state index contributed by atoms with van der Waals surface area (Å²) < 4.78 is 0. The van der Waals surface area contributed by atoms with E-state index < -0.39 is 0 Å². The van der Waals surface area contributed by atoms with E-state index in [1.165, 1.54) is 0 Å². The lowest BCUT2D eigenvalue weighted by molar-refractivity contribution is -0.120. The van der Waals surface area contributed by atoms with Crippen molar-refractivity contribution in [2.45, 2.75) is 19.3 Å². The summed E-state index contributed by atoms with van der Waals surface area (Å²) in [5.74, 6) is 0.0896. The predicted octanol–water partition coefficient (Wildman–Crippen LogP) is 1.64. The number of amides is 1. The van der Waals surface area contributed by atoms with Crippen LogP contribution in [0.15, 0.2) is 25.3 Å². The zero-order valence-electron chi connectivity index (χ0n) is 6.81. The summed E-state index contributed by atoms with van der Waals surface area (Å²) in [5.41, 5.74) is 0. The molecule has 0 radical (unpaired) electrons. The highest BCUT2D eigenvalue weighted by Gasteiger charge is 1.95. The van der Waals surface area contributed by atoms with Gasteiger partial charge in [0, 0.05) is 13.0 Å². The Morgan fingerprint density at radius 2 is 1.91 bits per heavy atom. The van der Waals surface area contributed by atoms with Gasteiger partial charge in [-0.2, -0.15) is 0 Å². The van der Waals surface area contributed by atoms with Crippen LogP contribution < -0.4 is 5.32 Å². The average molecular weight is 153 g/mol. The highest BCUT2D eigenvalue weighted by Crippen LogP contribution is 1.88. The molecule has 0 unspecified atom stereocenters. The molecular formula is C9H15NO. The summed E-state index contributed by atoms with van der Waals surface area (Å²) in [7, 11) is 0. The van der Waals surface area contributed by atoms with Gasteiger partial charge in [0.25, 0.3) is 0 Å². The number of allylic oxidation sites excluding steroid dienone is 1. The van der Waals surface area contributed by atoms with Crippen molar-refractivity contribution in [3.05, 3.63) is 25.3 Å². The maximum absolute atomic E-state index is 10.9.